The normalized spacial score (nSPS) is 11.3. The molecule has 49 heavy (non-hydrogen) atoms. The molecule has 9 aromatic rings. The fourth-order valence-electron chi connectivity index (χ4n) is 6.64. The molecule has 0 spiro atoms. The van der Waals surface area contributed by atoms with Gasteiger partial charge in [0.1, 0.15) is 0 Å². The number of rotatable bonds is 6. The first kappa shape index (κ1) is 28.6. The molecule has 0 amide bonds. The highest BCUT2D eigenvalue weighted by atomic mass is 15.0. The zero-order valence-corrected chi connectivity index (χ0v) is 26.6. The third-order valence-corrected chi connectivity index (χ3v) is 9.06. The molecule has 0 bridgehead atoms. The molecule has 230 valence electrons. The molecule has 0 saturated heterocycles. The van der Waals surface area contributed by atoms with E-state index in [2.05, 4.69) is 126 Å². The highest BCUT2D eigenvalue weighted by Gasteiger charge is 2.16. The van der Waals surface area contributed by atoms with Gasteiger partial charge in [-0.25, -0.2) is 15.0 Å². The summed E-state index contributed by atoms with van der Waals surface area (Å²) in [6.45, 7) is 0. The molecule has 7 aromatic carbocycles. The lowest BCUT2D eigenvalue weighted by Gasteiger charge is -2.12. The Balaban J connectivity index is 1.18. The highest BCUT2D eigenvalue weighted by Crippen LogP contribution is 2.36. The average Bonchev–Trinajstić information content (AvgIpc) is 3.52. The summed E-state index contributed by atoms with van der Waals surface area (Å²) < 4.78 is 2.35. The molecule has 0 radical (unpaired) electrons. The van der Waals surface area contributed by atoms with Crippen LogP contribution in [0.4, 0.5) is 0 Å². The van der Waals surface area contributed by atoms with Crippen LogP contribution in [0.15, 0.2) is 182 Å². The molecule has 0 aliphatic carbocycles. The van der Waals surface area contributed by atoms with Crippen LogP contribution in [-0.4, -0.2) is 19.5 Å². The van der Waals surface area contributed by atoms with Gasteiger partial charge in [0, 0.05) is 33.2 Å². The lowest BCUT2D eigenvalue weighted by Crippen LogP contribution is -2.01. The summed E-state index contributed by atoms with van der Waals surface area (Å²) in [4.78, 5) is 14.9. The van der Waals surface area contributed by atoms with Crippen molar-refractivity contribution in [1.29, 1.82) is 0 Å². The van der Waals surface area contributed by atoms with Crippen LogP contribution < -0.4 is 0 Å². The Labute approximate surface area is 284 Å². The lowest BCUT2D eigenvalue weighted by molar-refractivity contribution is 1.07. The van der Waals surface area contributed by atoms with E-state index in [4.69, 9.17) is 15.0 Å². The van der Waals surface area contributed by atoms with E-state index in [0.717, 1.165) is 33.4 Å². The Bertz CT molecular complexity index is 2520. The molecule has 0 fully saturated rings. The third kappa shape index (κ3) is 5.35. The number of hydrogen-bond donors (Lipinski definition) is 0. The molecule has 9 rings (SSSR count). The van der Waals surface area contributed by atoms with E-state index in [1.54, 1.807) is 0 Å². The van der Waals surface area contributed by atoms with E-state index in [9.17, 15) is 0 Å². The quantitative estimate of drug-likeness (QED) is 0.184. The maximum atomic E-state index is 5.00. The van der Waals surface area contributed by atoms with E-state index in [1.165, 1.54) is 33.0 Å². The van der Waals surface area contributed by atoms with Crippen LogP contribution in [0.2, 0.25) is 0 Å². The van der Waals surface area contributed by atoms with Gasteiger partial charge >= 0.3 is 0 Å². The number of benzene rings is 7. The second-order valence-electron chi connectivity index (χ2n) is 12.1. The molecule has 2 heterocycles. The first-order valence-electron chi connectivity index (χ1n) is 16.5. The standard InChI is InChI=1S/C45H30N4/c1-4-13-31(14-5-1)32-23-25-33(26-24-32)36-27-28-40-39-21-10-11-22-41(39)49(42(40)30-36)38-20-12-19-37(29-38)45-47-43(34-15-6-2-7-16-34)46-44(48-45)35-17-8-3-9-18-35/h1-30H. The van der Waals surface area contributed by atoms with Gasteiger partial charge in [0.05, 0.1) is 11.0 Å². The van der Waals surface area contributed by atoms with Crippen LogP contribution in [-0.2, 0) is 0 Å². The van der Waals surface area contributed by atoms with Crippen molar-refractivity contribution < 1.29 is 0 Å². The van der Waals surface area contributed by atoms with Crippen molar-refractivity contribution >= 4 is 21.8 Å². The minimum absolute atomic E-state index is 0.634. The maximum absolute atomic E-state index is 5.00. The summed E-state index contributed by atoms with van der Waals surface area (Å²) >= 11 is 0. The summed E-state index contributed by atoms with van der Waals surface area (Å²) in [5.41, 5.74) is 10.9. The van der Waals surface area contributed by atoms with Crippen molar-refractivity contribution in [2.24, 2.45) is 0 Å². The molecule has 0 aliphatic rings. The molecule has 2 aromatic heterocycles. The van der Waals surface area contributed by atoms with Crippen LogP contribution in [0.25, 0.3) is 83.9 Å². The first-order chi connectivity index (χ1) is 24.3. The predicted molar refractivity (Wildman–Crippen MR) is 201 cm³/mol. The Hall–Kier alpha value is -6.65. The number of hydrogen-bond acceptors (Lipinski definition) is 3. The first-order valence-corrected chi connectivity index (χ1v) is 16.5. The number of para-hydroxylation sites is 1. The van der Waals surface area contributed by atoms with Gasteiger partial charge in [-0.05, 0) is 46.5 Å². The summed E-state index contributed by atoms with van der Waals surface area (Å²) in [5, 5.41) is 2.43. The van der Waals surface area contributed by atoms with Crippen molar-refractivity contribution in [3.63, 3.8) is 0 Å². The van der Waals surface area contributed by atoms with Gasteiger partial charge in [-0.15, -0.1) is 0 Å². The fourth-order valence-corrected chi connectivity index (χ4v) is 6.64. The van der Waals surface area contributed by atoms with E-state index in [1.807, 2.05) is 60.7 Å². The van der Waals surface area contributed by atoms with E-state index in [-0.39, 0.29) is 0 Å². The number of nitrogens with zero attached hydrogens (tertiary/aromatic N) is 4. The average molecular weight is 627 g/mol. The second-order valence-corrected chi connectivity index (χ2v) is 12.1. The van der Waals surface area contributed by atoms with Crippen LogP contribution in [0.3, 0.4) is 0 Å². The van der Waals surface area contributed by atoms with Crippen LogP contribution in [0.1, 0.15) is 0 Å². The monoisotopic (exact) mass is 626 g/mol. The SMILES string of the molecule is c1ccc(-c2ccc(-c3ccc4c5ccccc5n(-c5cccc(-c6nc(-c7ccccc7)nc(-c7ccccc7)n6)c5)c4c3)cc2)cc1. The molecule has 0 aliphatic heterocycles. The molecule has 0 N–H and O–H groups in total. The predicted octanol–water partition coefficient (Wildman–Crippen LogP) is 11.3. The van der Waals surface area contributed by atoms with Crippen LogP contribution in [0, 0.1) is 0 Å². The van der Waals surface area contributed by atoms with Crippen molar-refractivity contribution in [1.82, 2.24) is 19.5 Å². The maximum Gasteiger partial charge on any atom is 0.164 e. The zero-order chi connectivity index (χ0) is 32.6. The van der Waals surface area contributed by atoms with Gasteiger partial charge in [0.25, 0.3) is 0 Å². The molecule has 0 unspecified atom stereocenters. The van der Waals surface area contributed by atoms with Gasteiger partial charge in [0.2, 0.25) is 0 Å². The van der Waals surface area contributed by atoms with Crippen molar-refractivity contribution in [2.45, 2.75) is 0 Å². The van der Waals surface area contributed by atoms with Gasteiger partial charge in [-0.3, -0.25) is 0 Å². The van der Waals surface area contributed by atoms with E-state index >= 15 is 0 Å². The largest absolute Gasteiger partial charge is 0.309 e. The molecular formula is C45H30N4. The van der Waals surface area contributed by atoms with E-state index < -0.39 is 0 Å². The van der Waals surface area contributed by atoms with Gasteiger partial charge < -0.3 is 4.57 Å². The van der Waals surface area contributed by atoms with Gasteiger partial charge in [-0.2, -0.15) is 0 Å². The molecule has 4 heteroatoms. The van der Waals surface area contributed by atoms with Crippen molar-refractivity contribution in [3.05, 3.63) is 182 Å². The highest BCUT2D eigenvalue weighted by molar-refractivity contribution is 6.10. The smallest absolute Gasteiger partial charge is 0.164 e. The third-order valence-electron chi connectivity index (χ3n) is 9.06. The summed E-state index contributed by atoms with van der Waals surface area (Å²) in [6.07, 6.45) is 0. The lowest BCUT2D eigenvalue weighted by atomic mass is 9.99. The Morgan fingerprint density at radius 2 is 0.735 bits per heavy atom. The van der Waals surface area contributed by atoms with Crippen molar-refractivity contribution in [3.8, 4) is 62.1 Å². The minimum Gasteiger partial charge on any atom is -0.309 e. The summed E-state index contributed by atoms with van der Waals surface area (Å²) in [7, 11) is 0. The topological polar surface area (TPSA) is 43.6 Å². The molecule has 4 nitrogen and oxygen atoms in total. The Kier molecular flexibility index (Phi) is 7.10. The van der Waals surface area contributed by atoms with Crippen molar-refractivity contribution in [2.75, 3.05) is 0 Å². The number of aromatic nitrogens is 4. The fraction of sp³-hybridized carbons (Fsp3) is 0. The molecule has 0 saturated carbocycles. The summed E-state index contributed by atoms with van der Waals surface area (Å²) in [5.74, 6) is 1.93. The molecular weight excluding hydrogens is 597 g/mol. The number of fused-ring (bicyclic) bond motifs is 3. The Morgan fingerprint density at radius 3 is 1.37 bits per heavy atom. The minimum atomic E-state index is 0.634. The Morgan fingerprint density at radius 1 is 0.286 bits per heavy atom. The zero-order valence-electron chi connectivity index (χ0n) is 26.6. The van der Waals surface area contributed by atoms with Gasteiger partial charge in [-0.1, -0.05) is 158 Å². The molecule has 0 atom stereocenters. The second kappa shape index (κ2) is 12.2. The van der Waals surface area contributed by atoms with Crippen LogP contribution >= 0.6 is 0 Å². The van der Waals surface area contributed by atoms with Crippen LogP contribution in [0.5, 0.6) is 0 Å². The van der Waals surface area contributed by atoms with E-state index in [0.29, 0.717) is 17.5 Å². The van der Waals surface area contributed by atoms with Gasteiger partial charge in [0.15, 0.2) is 17.5 Å². The summed E-state index contributed by atoms with van der Waals surface area (Å²) in [6, 6.07) is 63.5.